The molecular formula is C26H49NS. The van der Waals surface area contributed by atoms with Gasteiger partial charge in [0.1, 0.15) is 0 Å². The molecule has 0 aromatic heterocycles. The summed E-state index contributed by atoms with van der Waals surface area (Å²) in [5, 5.41) is 3.92. The van der Waals surface area contributed by atoms with Crippen LogP contribution in [0.5, 0.6) is 0 Å². The minimum Gasteiger partial charge on any atom is -0.360 e. The van der Waals surface area contributed by atoms with Crippen LogP contribution in [0.3, 0.4) is 0 Å². The molecule has 0 saturated heterocycles. The molecule has 0 aromatic carbocycles. The predicted molar refractivity (Wildman–Crippen MR) is 133 cm³/mol. The molecule has 0 rings (SSSR count). The van der Waals surface area contributed by atoms with E-state index < -0.39 is 0 Å². The fraction of sp³-hybridized carbons (Fsp3) is 0.769. The largest absolute Gasteiger partial charge is 0.360 e. The second kappa shape index (κ2) is 15.2. The van der Waals surface area contributed by atoms with Crippen LogP contribution in [0.4, 0.5) is 0 Å². The lowest BCUT2D eigenvalue weighted by Crippen LogP contribution is -2.40. The van der Waals surface area contributed by atoms with Crippen molar-refractivity contribution in [2.45, 2.75) is 105 Å². The summed E-state index contributed by atoms with van der Waals surface area (Å²) >= 11 is 2.09. The summed E-state index contributed by atoms with van der Waals surface area (Å²) in [5.74, 6) is 1.30. The van der Waals surface area contributed by atoms with E-state index in [2.05, 4.69) is 83.3 Å². The molecule has 0 heterocycles. The van der Waals surface area contributed by atoms with Crippen LogP contribution in [0.25, 0.3) is 0 Å². The van der Waals surface area contributed by atoms with Crippen molar-refractivity contribution in [3.05, 3.63) is 36.7 Å². The van der Waals surface area contributed by atoms with Crippen molar-refractivity contribution in [1.29, 1.82) is 0 Å². The van der Waals surface area contributed by atoms with Crippen LogP contribution in [0.1, 0.15) is 99.3 Å². The smallest absolute Gasteiger partial charge is 0.0305 e. The number of allylic oxidation sites excluding steroid dienone is 3. The van der Waals surface area contributed by atoms with Gasteiger partial charge in [0, 0.05) is 16.6 Å². The molecule has 0 spiro atoms. The highest BCUT2D eigenvalue weighted by atomic mass is 32.2. The maximum absolute atomic E-state index is 4.12. The first kappa shape index (κ1) is 27.4. The zero-order valence-corrected chi connectivity index (χ0v) is 20.9. The topological polar surface area (TPSA) is 12.0 Å². The average molecular weight is 408 g/mol. The molecule has 164 valence electrons. The van der Waals surface area contributed by atoms with Crippen LogP contribution in [-0.2, 0) is 0 Å². The van der Waals surface area contributed by atoms with Gasteiger partial charge >= 0.3 is 0 Å². The van der Waals surface area contributed by atoms with Gasteiger partial charge in [0.15, 0.2) is 0 Å². The second-order valence-corrected chi connectivity index (χ2v) is 9.81. The SMILES string of the molecule is C=C(C)NC(=C)/C=C\C(C)C(C)(CCCCCCCC)C(SC)C(CC)CC. The van der Waals surface area contributed by atoms with Gasteiger partial charge in [0.05, 0.1) is 0 Å². The first-order valence-electron chi connectivity index (χ1n) is 11.6. The van der Waals surface area contributed by atoms with Crippen molar-refractivity contribution >= 4 is 11.8 Å². The number of nitrogens with one attached hydrogen (secondary N) is 1. The molecule has 0 aliphatic heterocycles. The average Bonchev–Trinajstić information content (AvgIpc) is 2.65. The minimum absolute atomic E-state index is 0.306. The lowest BCUT2D eigenvalue weighted by molar-refractivity contribution is 0.166. The van der Waals surface area contributed by atoms with E-state index in [0.717, 1.165) is 17.3 Å². The Bertz CT molecular complexity index is 463. The summed E-state index contributed by atoms with van der Waals surface area (Å²) in [7, 11) is 0. The van der Waals surface area contributed by atoms with E-state index in [1.165, 1.54) is 57.8 Å². The van der Waals surface area contributed by atoms with Crippen LogP contribution in [0.2, 0.25) is 0 Å². The van der Waals surface area contributed by atoms with E-state index in [9.17, 15) is 0 Å². The van der Waals surface area contributed by atoms with Gasteiger partial charge in [-0.05, 0) is 42.9 Å². The number of hydrogen-bond acceptors (Lipinski definition) is 2. The van der Waals surface area contributed by atoms with Crippen LogP contribution in [0.15, 0.2) is 36.7 Å². The zero-order chi connectivity index (χ0) is 21.6. The molecule has 0 radical (unpaired) electrons. The van der Waals surface area contributed by atoms with Gasteiger partial charge in [-0.2, -0.15) is 11.8 Å². The number of thioether (sulfide) groups is 1. The first-order chi connectivity index (χ1) is 13.3. The lowest BCUT2D eigenvalue weighted by Gasteiger charge is -2.45. The molecule has 1 nitrogen and oxygen atoms in total. The normalized spacial score (nSPS) is 16.1. The Balaban J connectivity index is 5.30. The number of rotatable bonds is 17. The Hall–Kier alpha value is -0.630. The maximum atomic E-state index is 4.12. The zero-order valence-electron chi connectivity index (χ0n) is 20.1. The van der Waals surface area contributed by atoms with Crippen LogP contribution >= 0.6 is 11.8 Å². The minimum atomic E-state index is 0.306. The Labute approximate surface area is 181 Å². The molecule has 0 saturated carbocycles. The number of hydrogen-bond donors (Lipinski definition) is 1. The Morgan fingerprint density at radius 1 is 1.04 bits per heavy atom. The third kappa shape index (κ3) is 9.72. The van der Waals surface area contributed by atoms with Crippen molar-refractivity contribution in [1.82, 2.24) is 5.32 Å². The van der Waals surface area contributed by atoms with Gasteiger partial charge in [-0.1, -0.05) is 105 Å². The fourth-order valence-electron chi connectivity index (χ4n) is 4.43. The van der Waals surface area contributed by atoms with Crippen molar-refractivity contribution < 1.29 is 0 Å². The van der Waals surface area contributed by atoms with Crippen molar-refractivity contribution in [2.75, 3.05) is 6.26 Å². The highest BCUT2D eigenvalue weighted by Gasteiger charge is 2.40. The summed E-state index contributed by atoms with van der Waals surface area (Å²) in [6.07, 6.45) is 18.9. The molecule has 0 amide bonds. The van der Waals surface area contributed by atoms with Crippen molar-refractivity contribution in [2.24, 2.45) is 17.3 Å². The molecule has 0 bridgehead atoms. The van der Waals surface area contributed by atoms with Gasteiger partial charge in [-0.25, -0.2) is 0 Å². The standard InChI is InChI=1S/C26H49NS/c1-10-13-14-15-16-17-20-26(8,25(28-9)24(11-2)12-3)22(6)18-19-23(7)27-21(4)5/h18-19,22,24-25,27H,4,7,10-17,20H2,1-3,5-6,8-9H3/b19-18-. The molecule has 0 aliphatic rings. The van der Waals surface area contributed by atoms with E-state index in [-0.39, 0.29) is 0 Å². The Morgan fingerprint density at radius 3 is 2.11 bits per heavy atom. The summed E-state index contributed by atoms with van der Waals surface area (Å²) < 4.78 is 0. The van der Waals surface area contributed by atoms with Gasteiger partial charge in [0.2, 0.25) is 0 Å². The highest BCUT2D eigenvalue weighted by molar-refractivity contribution is 7.99. The van der Waals surface area contributed by atoms with Gasteiger partial charge in [-0.15, -0.1) is 0 Å². The molecule has 3 atom stereocenters. The Morgan fingerprint density at radius 2 is 1.61 bits per heavy atom. The van der Waals surface area contributed by atoms with Gasteiger partial charge < -0.3 is 5.32 Å². The summed E-state index contributed by atoms with van der Waals surface area (Å²) in [4.78, 5) is 0. The van der Waals surface area contributed by atoms with E-state index >= 15 is 0 Å². The van der Waals surface area contributed by atoms with Gasteiger partial charge in [0.25, 0.3) is 0 Å². The predicted octanol–water partition coefficient (Wildman–Crippen LogP) is 8.74. The molecule has 28 heavy (non-hydrogen) atoms. The van der Waals surface area contributed by atoms with Crippen molar-refractivity contribution in [3.63, 3.8) is 0 Å². The Kier molecular flexibility index (Phi) is 14.9. The number of unbranched alkanes of at least 4 members (excludes halogenated alkanes) is 5. The molecular weight excluding hydrogens is 358 g/mol. The van der Waals surface area contributed by atoms with Crippen molar-refractivity contribution in [3.8, 4) is 0 Å². The van der Waals surface area contributed by atoms with E-state index in [1.54, 1.807) is 0 Å². The second-order valence-electron chi connectivity index (χ2n) is 8.83. The van der Waals surface area contributed by atoms with Crippen LogP contribution in [0, 0.1) is 17.3 Å². The summed E-state index contributed by atoms with van der Waals surface area (Å²) in [6.45, 7) is 22.0. The molecule has 3 unspecified atom stereocenters. The fourth-order valence-corrected chi connectivity index (χ4v) is 6.07. The molecule has 0 aromatic rings. The van der Waals surface area contributed by atoms with Gasteiger partial charge in [-0.3, -0.25) is 0 Å². The van der Waals surface area contributed by atoms with Crippen LogP contribution < -0.4 is 5.32 Å². The lowest BCUT2D eigenvalue weighted by atomic mass is 9.67. The summed E-state index contributed by atoms with van der Waals surface area (Å²) in [6, 6.07) is 0. The van der Waals surface area contributed by atoms with E-state index in [0.29, 0.717) is 16.6 Å². The summed E-state index contributed by atoms with van der Waals surface area (Å²) in [5.41, 5.74) is 2.18. The molecule has 0 aliphatic carbocycles. The maximum Gasteiger partial charge on any atom is 0.0305 e. The monoisotopic (exact) mass is 407 g/mol. The first-order valence-corrected chi connectivity index (χ1v) is 12.9. The van der Waals surface area contributed by atoms with E-state index in [1.807, 2.05) is 6.92 Å². The molecule has 1 N–H and O–H groups in total. The third-order valence-electron chi connectivity index (χ3n) is 6.45. The molecule has 0 fully saturated rings. The molecule has 2 heteroatoms. The third-order valence-corrected chi connectivity index (χ3v) is 7.88. The highest BCUT2D eigenvalue weighted by Crippen LogP contribution is 2.47. The quantitative estimate of drug-likeness (QED) is 0.191. The van der Waals surface area contributed by atoms with Crippen LogP contribution in [-0.4, -0.2) is 11.5 Å². The van der Waals surface area contributed by atoms with E-state index in [4.69, 9.17) is 0 Å².